The predicted molar refractivity (Wildman–Crippen MR) is 115 cm³/mol. The van der Waals surface area contributed by atoms with Crippen LogP contribution in [0.2, 0.25) is 0 Å². The number of fused-ring (bicyclic) bond motifs is 3. The Bertz CT molecular complexity index is 1020. The molecule has 3 heteroatoms. The van der Waals surface area contributed by atoms with Crippen molar-refractivity contribution < 1.29 is 0 Å². The Kier molecular flexibility index (Phi) is 4.56. The summed E-state index contributed by atoms with van der Waals surface area (Å²) in [6.07, 6.45) is 2.20. The van der Waals surface area contributed by atoms with Crippen LogP contribution < -0.4 is 4.90 Å². The molecule has 1 aliphatic rings. The number of benzene rings is 3. The van der Waals surface area contributed by atoms with Crippen LogP contribution in [-0.4, -0.2) is 12.3 Å². The molecule has 4 rings (SSSR count). The fourth-order valence-electron chi connectivity index (χ4n) is 3.33. The molecule has 0 bridgehead atoms. The van der Waals surface area contributed by atoms with Crippen LogP contribution in [0, 0.1) is 6.92 Å². The van der Waals surface area contributed by atoms with Crippen LogP contribution in [-0.2, 0) is 0 Å². The summed E-state index contributed by atoms with van der Waals surface area (Å²) in [7, 11) is 0. The van der Waals surface area contributed by atoms with Gasteiger partial charge in [-0.2, -0.15) is 0 Å². The molecule has 0 N–H and O–H groups in total. The zero-order chi connectivity index (χ0) is 18.1. The molecule has 0 fully saturated rings. The number of aryl methyl sites for hydroxylation is 1. The molecular weight excluding hydrogens is 336 g/mol. The molecule has 3 aromatic carbocycles. The number of aliphatic imine (C=N–C) groups is 1. The van der Waals surface area contributed by atoms with Crippen molar-refractivity contribution in [2.45, 2.75) is 25.7 Å². The number of allylic oxidation sites excluding steroid dienone is 1. The Balaban J connectivity index is 1.72. The van der Waals surface area contributed by atoms with Gasteiger partial charge in [0.15, 0.2) is 0 Å². The van der Waals surface area contributed by atoms with E-state index in [-0.39, 0.29) is 0 Å². The third-order valence-corrected chi connectivity index (χ3v) is 5.70. The maximum atomic E-state index is 4.76. The predicted octanol–water partition coefficient (Wildman–Crippen LogP) is 6.71. The van der Waals surface area contributed by atoms with Gasteiger partial charge in [-0.1, -0.05) is 59.8 Å². The van der Waals surface area contributed by atoms with Crippen molar-refractivity contribution in [1.82, 2.24) is 0 Å². The largest absolute Gasteiger partial charge is 0.335 e. The van der Waals surface area contributed by atoms with E-state index >= 15 is 0 Å². The third-order valence-electron chi connectivity index (χ3n) is 4.60. The number of hydrogen-bond donors (Lipinski definition) is 0. The van der Waals surface area contributed by atoms with Gasteiger partial charge in [-0.3, -0.25) is 4.99 Å². The highest BCUT2D eigenvalue weighted by Crippen LogP contribution is 2.49. The molecule has 1 aliphatic heterocycles. The lowest BCUT2D eigenvalue weighted by molar-refractivity contribution is 1.01. The normalized spacial score (nSPS) is 15.7. The van der Waals surface area contributed by atoms with E-state index in [4.69, 9.17) is 4.99 Å². The standard InChI is InChI=1S/C23H22N2S/c1-4-25-22(15-17(3)24-19-12-9-16(2)10-13-19)26-21-14-11-18-7-5-6-8-20(18)23(21)25/h5-15H,4H2,1-3H3. The Morgan fingerprint density at radius 1 is 1.04 bits per heavy atom. The number of hydrogen-bond acceptors (Lipinski definition) is 3. The summed E-state index contributed by atoms with van der Waals surface area (Å²) in [6.45, 7) is 7.32. The lowest BCUT2D eigenvalue weighted by Gasteiger charge is -2.19. The lowest BCUT2D eigenvalue weighted by atomic mass is 10.1. The van der Waals surface area contributed by atoms with Crippen LogP contribution in [0.4, 0.5) is 11.4 Å². The van der Waals surface area contributed by atoms with Crippen LogP contribution in [0.1, 0.15) is 19.4 Å². The molecule has 0 unspecified atom stereocenters. The highest BCUT2D eigenvalue weighted by Gasteiger charge is 2.25. The van der Waals surface area contributed by atoms with E-state index in [1.807, 2.05) is 11.8 Å². The van der Waals surface area contributed by atoms with Gasteiger partial charge in [-0.05, 0) is 50.4 Å². The van der Waals surface area contributed by atoms with Crippen LogP contribution >= 0.6 is 11.8 Å². The van der Waals surface area contributed by atoms with Crippen molar-refractivity contribution in [2.75, 3.05) is 11.4 Å². The van der Waals surface area contributed by atoms with Gasteiger partial charge >= 0.3 is 0 Å². The van der Waals surface area contributed by atoms with Crippen molar-refractivity contribution in [3.63, 3.8) is 0 Å². The molecule has 0 spiro atoms. The van der Waals surface area contributed by atoms with Crippen LogP contribution in [0.3, 0.4) is 0 Å². The lowest BCUT2D eigenvalue weighted by Crippen LogP contribution is -2.17. The molecule has 0 aromatic heterocycles. The summed E-state index contributed by atoms with van der Waals surface area (Å²) in [4.78, 5) is 8.48. The molecule has 3 aromatic rings. The number of anilines is 1. The summed E-state index contributed by atoms with van der Waals surface area (Å²) in [5.41, 5.74) is 4.60. The Labute approximate surface area is 159 Å². The number of nitrogens with zero attached hydrogens (tertiary/aromatic N) is 2. The average molecular weight is 359 g/mol. The maximum absolute atomic E-state index is 4.76. The molecule has 26 heavy (non-hydrogen) atoms. The topological polar surface area (TPSA) is 15.6 Å². The van der Waals surface area contributed by atoms with E-state index in [9.17, 15) is 0 Å². The van der Waals surface area contributed by atoms with Crippen molar-refractivity contribution >= 4 is 39.6 Å². The Morgan fingerprint density at radius 2 is 1.81 bits per heavy atom. The molecule has 0 radical (unpaired) electrons. The number of rotatable bonds is 3. The van der Waals surface area contributed by atoms with Crippen LogP contribution in [0.15, 0.2) is 81.7 Å². The minimum atomic E-state index is 0.942. The quantitative estimate of drug-likeness (QED) is 0.483. The first-order valence-electron chi connectivity index (χ1n) is 8.96. The van der Waals surface area contributed by atoms with E-state index in [0.29, 0.717) is 0 Å². The van der Waals surface area contributed by atoms with Crippen LogP contribution in [0.5, 0.6) is 0 Å². The van der Waals surface area contributed by atoms with Crippen molar-refractivity contribution in [2.24, 2.45) is 4.99 Å². The average Bonchev–Trinajstić information content (AvgIpc) is 3.01. The van der Waals surface area contributed by atoms with Gasteiger partial charge in [-0.25, -0.2) is 0 Å². The van der Waals surface area contributed by atoms with Gasteiger partial charge < -0.3 is 4.90 Å². The molecule has 0 amide bonds. The molecular formula is C23H22N2S. The Hall–Kier alpha value is -2.52. The van der Waals surface area contributed by atoms with E-state index in [1.54, 1.807) is 0 Å². The van der Waals surface area contributed by atoms with Crippen LogP contribution in [0.25, 0.3) is 10.8 Å². The summed E-state index contributed by atoms with van der Waals surface area (Å²) >= 11 is 1.83. The van der Waals surface area contributed by atoms with Crippen molar-refractivity contribution in [3.8, 4) is 0 Å². The van der Waals surface area contributed by atoms with Gasteiger partial charge in [0, 0.05) is 22.5 Å². The van der Waals surface area contributed by atoms with E-state index in [1.165, 1.54) is 31.9 Å². The highest BCUT2D eigenvalue weighted by atomic mass is 32.2. The van der Waals surface area contributed by atoms with E-state index < -0.39 is 0 Å². The summed E-state index contributed by atoms with van der Waals surface area (Å²) in [5, 5.41) is 3.85. The minimum Gasteiger partial charge on any atom is -0.335 e. The zero-order valence-electron chi connectivity index (χ0n) is 15.4. The minimum absolute atomic E-state index is 0.942. The SMILES string of the molecule is CCN1C(=CC(C)=Nc2ccc(C)cc2)Sc2ccc3ccccc3c21. The smallest absolute Gasteiger partial charge is 0.0819 e. The first kappa shape index (κ1) is 16.9. The van der Waals surface area contributed by atoms with Crippen molar-refractivity contribution in [3.05, 3.63) is 77.3 Å². The zero-order valence-corrected chi connectivity index (χ0v) is 16.2. The van der Waals surface area contributed by atoms with Gasteiger partial charge in [0.05, 0.1) is 16.4 Å². The fraction of sp³-hybridized carbons (Fsp3) is 0.174. The molecule has 0 atom stereocenters. The van der Waals surface area contributed by atoms with Gasteiger partial charge in [0.25, 0.3) is 0 Å². The van der Waals surface area contributed by atoms with E-state index in [0.717, 1.165) is 17.9 Å². The molecule has 0 saturated carbocycles. The fourth-order valence-corrected chi connectivity index (χ4v) is 4.57. The summed E-state index contributed by atoms with van der Waals surface area (Å²) in [6, 6.07) is 21.4. The monoisotopic (exact) mass is 358 g/mol. The van der Waals surface area contributed by atoms with Gasteiger partial charge in [0.1, 0.15) is 0 Å². The van der Waals surface area contributed by atoms with E-state index in [2.05, 4.69) is 92.4 Å². The summed E-state index contributed by atoms with van der Waals surface area (Å²) in [5.74, 6) is 0. The second-order valence-corrected chi connectivity index (χ2v) is 7.61. The summed E-state index contributed by atoms with van der Waals surface area (Å²) < 4.78 is 0. The molecule has 1 heterocycles. The molecule has 2 nitrogen and oxygen atoms in total. The second-order valence-electron chi connectivity index (χ2n) is 6.55. The molecule has 0 aliphatic carbocycles. The first-order valence-corrected chi connectivity index (χ1v) is 9.78. The number of thioether (sulfide) groups is 1. The molecule has 0 saturated heterocycles. The second kappa shape index (κ2) is 7.00. The maximum Gasteiger partial charge on any atom is 0.0819 e. The van der Waals surface area contributed by atoms with Gasteiger partial charge in [-0.15, -0.1) is 0 Å². The van der Waals surface area contributed by atoms with Crippen molar-refractivity contribution in [1.29, 1.82) is 0 Å². The molecule has 130 valence electrons. The van der Waals surface area contributed by atoms with Gasteiger partial charge in [0.2, 0.25) is 0 Å². The highest BCUT2D eigenvalue weighted by molar-refractivity contribution is 8.03. The third kappa shape index (κ3) is 3.15. The Morgan fingerprint density at radius 3 is 2.58 bits per heavy atom. The first-order chi connectivity index (χ1) is 12.7.